The molecular formula is C22H23N3OS. The van der Waals surface area contributed by atoms with Crippen molar-refractivity contribution in [1.29, 1.82) is 0 Å². The minimum Gasteiger partial charge on any atom is -0.508 e. The predicted molar refractivity (Wildman–Crippen MR) is 114 cm³/mol. The quantitative estimate of drug-likeness (QED) is 0.499. The summed E-state index contributed by atoms with van der Waals surface area (Å²) in [6.07, 6.45) is 1.77. The lowest BCUT2D eigenvalue weighted by Crippen LogP contribution is -2.14. The van der Waals surface area contributed by atoms with Crippen LogP contribution in [0.4, 0.5) is 0 Å². The Kier molecular flexibility index (Phi) is 5.72. The fourth-order valence-corrected chi connectivity index (χ4v) is 3.50. The van der Waals surface area contributed by atoms with Gasteiger partial charge in [-0.2, -0.15) is 5.10 Å². The molecule has 0 unspecified atom stereocenters. The van der Waals surface area contributed by atoms with Crippen molar-refractivity contribution >= 4 is 17.0 Å². The highest BCUT2D eigenvalue weighted by Crippen LogP contribution is 2.23. The van der Waals surface area contributed by atoms with E-state index in [0.29, 0.717) is 6.54 Å². The van der Waals surface area contributed by atoms with Crippen LogP contribution in [-0.4, -0.2) is 22.0 Å². The van der Waals surface area contributed by atoms with Gasteiger partial charge in [-0.3, -0.25) is 4.99 Å². The highest BCUT2D eigenvalue weighted by molar-refractivity contribution is 7.07. The number of rotatable bonds is 5. The van der Waals surface area contributed by atoms with E-state index in [4.69, 9.17) is 5.10 Å². The Bertz CT molecular complexity index is 1060. The van der Waals surface area contributed by atoms with Crippen molar-refractivity contribution in [2.45, 2.75) is 20.8 Å². The number of benzene rings is 2. The second kappa shape index (κ2) is 8.18. The van der Waals surface area contributed by atoms with Crippen LogP contribution in [0.25, 0.3) is 11.3 Å². The molecule has 0 radical (unpaired) electrons. The lowest BCUT2D eigenvalue weighted by atomic mass is 10.1. The van der Waals surface area contributed by atoms with E-state index in [-0.39, 0.29) is 5.75 Å². The molecule has 2 aromatic carbocycles. The minimum absolute atomic E-state index is 0.243. The van der Waals surface area contributed by atoms with Crippen molar-refractivity contribution < 1.29 is 5.11 Å². The van der Waals surface area contributed by atoms with Crippen molar-refractivity contribution in [2.75, 3.05) is 6.54 Å². The predicted octanol–water partition coefficient (Wildman–Crippen LogP) is 4.90. The zero-order valence-electron chi connectivity index (χ0n) is 15.8. The van der Waals surface area contributed by atoms with E-state index >= 15 is 0 Å². The van der Waals surface area contributed by atoms with Crippen LogP contribution in [0.3, 0.4) is 0 Å². The van der Waals surface area contributed by atoms with Crippen LogP contribution in [0.15, 0.2) is 70.6 Å². The van der Waals surface area contributed by atoms with Crippen LogP contribution < -0.4 is 4.80 Å². The first-order valence-electron chi connectivity index (χ1n) is 8.74. The lowest BCUT2D eigenvalue weighted by molar-refractivity contribution is 0.475. The Balaban J connectivity index is 2.15. The molecular weight excluding hydrogens is 354 g/mol. The maximum atomic E-state index is 9.51. The van der Waals surface area contributed by atoms with Crippen molar-refractivity contribution in [3.05, 3.63) is 82.0 Å². The number of hydrogen-bond acceptors (Lipinski definition) is 4. The molecule has 0 saturated carbocycles. The summed E-state index contributed by atoms with van der Waals surface area (Å²) in [5.41, 5.74) is 6.42. The molecule has 0 spiro atoms. The Hall–Kier alpha value is -2.92. The van der Waals surface area contributed by atoms with Gasteiger partial charge >= 0.3 is 0 Å². The van der Waals surface area contributed by atoms with Gasteiger partial charge in [0.2, 0.25) is 4.80 Å². The number of nitrogens with zero attached hydrogens (tertiary/aromatic N) is 3. The van der Waals surface area contributed by atoms with Gasteiger partial charge < -0.3 is 5.11 Å². The molecule has 3 aromatic rings. The highest BCUT2D eigenvalue weighted by atomic mass is 32.1. The molecule has 0 atom stereocenters. The molecule has 0 aliphatic rings. The first kappa shape index (κ1) is 18.9. The summed E-state index contributed by atoms with van der Waals surface area (Å²) >= 11 is 1.56. The van der Waals surface area contributed by atoms with Crippen molar-refractivity contribution in [1.82, 2.24) is 4.68 Å². The summed E-state index contributed by atoms with van der Waals surface area (Å²) in [4.78, 5) is 5.41. The van der Waals surface area contributed by atoms with E-state index in [9.17, 15) is 5.11 Å². The first-order valence-corrected chi connectivity index (χ1v) is 9.62. The van der Waals surface area contributed by atoms with Crippen molar-refractivity contribution in [3.8, 4) is 17.0 Å². The SMILES string of the molecule is C=CCN=c1scc(-c2ccc(C)c(C)c2)n1N=C(C)c1ccc(O)cc1. The molecule has 0 aliphatic carbocycles. The Morgan fingerprint density at radius 1 is 1.15 bits per heavy atom. The van der Waals surface area contributed by atoms with Gasteiger partial charge in [-0.25, -0.2) is 4.68 Å². The monoisotopic (exact) mass is 377 g/mol. The van der Waals surface area contributed by atoms with Crippen LogP contribution in [0.2, 0.25) is 0 Å². The molecule has 1 heterocycles. The largest absolute Gasteiger partial charge is 0.508 e. The number of aromatic hydroxyl groups is 1. The Morgan fingerprint density at radius 3 is 2.56 bits per heavy atom. The van der Waals surface area contributed by atoms with E-state index < -0.39 is 0 Å². The third kappa shape index (κ3) is 4.26. The summed E-state index contributed by atoms with van der Waals surface area (Å²) in [5, 5.41) is 16.4. The number of phenols is 1. The fourth-order valence-electron chi connectivity index (χ4n) is 2.66. The number of thiazole rings is 1. The van der Waals surface area contributed by atoms with Gasteiger partial charge in [-0.1, -0.05) is 18.2 Å². The van der Waals surface area contributed by atoms with E-state index in [1.165, 1.54) is 11.1 Å². The molecule has 138 valence electrons. The van der Waals surface area contributed by atoms with Gasteiger partial charge in [0, 0.05) is 10.9 Å². The van der Waals surface area contributed by atoms with Crippen LogP contribution >= 0.6 is 11.3 Å². The Labute approximate surface area is 163 Å². The molecule has 5 heteroatoms. The van der Waals surface area contributed by atoms with Gasteiger partial charge in [-0.05, 0) is 67.8 Å². The van der Waals surface area contributed by atoms with Crippen LogP contribution in [0.1, 0.15) is 23.6 Å². The molecule has 3 rings (SSSR count). The van der Waals surface area contributed by atoms with E-state index in [1.807, 2.05) is 23.7 Å². The fraction of sp³-hybridized carbons (Fsp3) is 0.182. The summed E-state index contributed by atoms with van der Waals surface area (Å²) in [6, 6.07) is 13.5. The van der Waals surface area contributed by atoms with Gasteiger partial charge in [0.05, 0.1) is 18.0 Å². The lowest BCUT2D eigenvalue weighted by Gasteiger charge is -2.08. The maximum Gasteiger partial charge on any atom is 0.206 e. The third-order valence-electron chi connectivity index (χ3n) is 4.38. The van der Waals surface area contributed by atoms with E-state index in [1.54, 1.807) is 29.5 Å². The Morgan fingerprint density at radius 2 is 1.89 bits per heavy atom. The standard InChI is InChI=1S/C22H23N3OS/c1-5-12-23-22-25(24-17(4)18-8-10-20(26)11-9-18)21(14-27-22)19-7-6-15(2)16(3)13-19/h5-11,13-14,26H,1,12H2,2-4H3. The maximum absolute atomic E-state index is 9.51. The molecule has 4 nitrogen and oxygen atoms in total. The van der Waals surface area contributed by atoms with Crippen LogP contribution in [0, 0.1) is 13.8 Å². The first-order chi connectivity index (χ1) is 13.0. The van der Waals surface area contributed by atoms with Crippen LogP contribution in [0.5, 0.6) is 5.75 Å². The molecule has 0 aliphatic heterocycles. The highest BCUT2D eigenvalue weighted by Gasteiger charge is 2.10. The smallest absolute Gasteiger partial charge is 0.206 e. The summed E-state index contributed by atoms with van der Waals surface area (Å²) in [7, 11) is 0. The second-order valence-electron chi connectivity index (χ2n) is 6.38. The molecule has 0 saturated heterocycles. The average Bonchev–Trinajstić information content (AvgIpc) is 3.05. The van der Waals surface area contributed by atoms with Gasteiger partial charge in [0.1, 0.15) is 5.75 Å². The van der Waals surface area contributed by atoms with E-state index in [2.05, 4.69) is 49.0 Å². The molecule has 0 amide bonds. The van der Waals surface area contributed by atoms with Gasteiger partial charge in [0.15, 0.2) is 0 Å². The van der Waals surface area contributed by atoms with Gasteiger partial charge in [-0.15, -0.1) is 17.9 Å². The van der Waals surface area contributed by atoms with Crippen molar-refractivity contribution in [3.63, 3.8) is 0 Å². The van der Waals surface area contributed by atoms with E-state index in [0.717, 1.165) is 27.3 Å². The summed E-state index contributed by atoms with van der Waals surface area (Å²) in [5.74, 6) is 0.243. The molecule has 1 aromatic heterocycles. The van der Waals surface area contributed by atoms with Crippen molar-refractivity contribution in [2.24, 2.45) is 10.1 Å². The minimum atomic E-state index is 0.243. The molecule has 0 fully saturated rings. The average molecular weight is 378 g/mol. The third-order valence-corrected chi connectivity index (χ3v) is 5.23. The van der Waals surface area contributed by atoms with Crippen LogP contribution in [-0.2, 0) is 0 Å². The molecule has 27 heavy (non-hydrogen) atoms. The number of hydrogen-bond donors (Lipinski definition) is 1. The summed E-state index contributed by atoms with van der Waals surface area (Å²) in [6.45, 7) is 10.5. The second-order valence-corrected chi connectivity index (χ2v) is 7.21. The topological polar surface area (TPSA) is 49.9 Å². The molecule has 0 bridgehead atoms. The zero-order valence-corrected chi connectivity index (χ0v) is 16.6. The number of aromatic nitrogens is 1. The zero-order chi connectivity index (χ0) is 19.4. The van der Waals surface area contributed by atoms with Gasteiger partial charge in [0.25, 0.3) is 0 Å². The molecule has 1 N–H and O–H groups in total. The normalized spacial score (nSPS) is 12.4. The number of aryl methyl sites for hydroxylation is 2. The summed E-state index contributed by atoms with van der Waals surface area (Å²) < 4.78 is 1.89. The number of phenolic OH excluding ortho intramolecular Hbond substituents is 1.